The minimum Gasteiger partial charge on any atom is -0.305 e. The van der Waals surface area contributed by atoms with Crippen LogP contribution in [-0.4, -0.2) is 36.6 Å². The van der Waals surface area contributed by atoms with Crippen LogP contribution < -0.4 is 4.90 Å². The summed E-state index contributed by atoms with van der Waals surface area (Å²) in [5.41, 5.74) is 2.60. The minimum absolute atomic E-state index is 0.0783. The van der Waals surface area contributed by atoms with Gasteiger partial charge >= 0.3 is 0 Å². The third kappa shape index (κ3) is 3.30. The second kappa shape index (κ2) is 7.27. The smallest absolute Gasteiger partial charge is 0.242 e. The van der Waals surface area contributed by atoms with Crippen LogP contribution in [0.25, 0.3) is 5.69 Å². The molecule has 2 aromatic heterocycles. The number of carbonyl (C=O) groups is 1. The summed E-state index contributed by atoms with van der Waals surface area (Å²) >= 11 is 5.79. The predicted molar refractivity (Wildman–Crippen MR) is 91.2 cm³/mol. The number of benzene rings is 1. The Hall–Kier alpha value is -2.67. The van der Waals surface area contributed by atoms with Crippen molar-refractivity contribution in [3.8, 4) is 5.69 Å². The highest BCUT2D eigenvalue weighted by Crippen LogP contribution is 2.20. The summed E-state index contributed by atoms with van der Waals surface area (Å²) in [6, 6.07) is 9.41. The van der Waals surface area contributed by atoms with Crippen molar-refractivity contribution in [2.75, 3.05) is 10.8 Å². The first-order chi connectivity index (χ1) is 11.7. The third-order valence-electron chi connectivity index (χ3n) is 3.69. The number of carbonyl (C=O) groups excluding carboxylic acids is 1. The van der Waals surface area contributed by atoms with Gasteiger partial charge in [0.2, 0.25) is 5.91 Å². The van der Waals surface area contributed by atoms with Gasteiger partial charge in [0, 0.05) is 18.4 Å². The van der Waals surface area contributed by atoms with E-state index in [1.54, 1.807) is 28.2 Å². The molecule has 2 heterocycles. The topological polar surface area (TPSA) is 68.8 Å². The molecule has 3 rings (SSSR count). The van der Waals surface area contributed by atoms with E-state index in [1.807, 2.05) is 41.9 Å². The Morgan fingerprint density at radius 3 is 2.62 bits per heavy atom. The molecule has 3 aromatic rings. The number of amides is 1. The van der Waals surface area contributed by atoms with Gasteiger partial charge in [-0.25, -0.2) is 4.68 Å². The van der Waals surface area contributed by atoms with E-state index in [2.05, 4.69) is 15.4 Å². The Labute approximate surface area is 144 Å². The first-order valence-corrected chi connectivity index (χ1v) is 8.10. The largest absolute Gasteiger partial charge is 0.305 e. The maximum atomic E-state index is 12.3. The van der Waals surface area contributed by atoms with Crippen molar-refractivity contribution in [3.05, 3.63) is 54.6 Å². The lowest BCUT2D eigenvalue weighted by Crippen LogP contribution is -2.32. The van der Waals surface area contributed by atoms with Crippen molar-refractivity contribution in [2.24, 2.45) is 0 Å². The Morgan fingerprint density at radius 1 is 1.21 bits per heavy atom. The molecular weight excluding hydrogens is 328 g/mol. The molecule has 0 aliphatic rings. The molecule has 7 nitrogen and oxygen atoms in total. The van der Waals surface area contributed by atoms with Gasteiger partial charge in [-0.15, -0.1) is 16.7 Å². The summed E-state index contributed by atoms with van der Waals surface area (Å²) in [4.78, 5) is 13.9. The van der Waals surface area contributed by atoms with Gasteiger partial charge in [-0.05, 0) is 37.3 Å². The van der Waals surface area contributed by atoms with Gasteiger partial charge in [-0.2, -0.15) is 5.10 Å². The SMILES string of the molecule is CCn1nccc1CN(C(=O)CCl)c1ccc(-n2ccnn2)cc1. The van der Waals surface area contributed by atoms with E-state index in [0.717, 1.165) is 23.6 Å². The van der Waals surface area contributed by atoms with Crippen LogP contribution in [-0.2, 0) is 17.9 Å². The lowest BCUT2D eigenvalue weighted by molar-refractivity contribution is -0.116. The molecule has 0 fully saturated rings. The summed E-state index contributed by atoms with van der Waals surface area (Å²) in [6.07, 6.45) is 5.11. The van der Waals surface area contributed by atoms with Gasteiger partial charge in [0.1, 0.15) is 5.88 Å². The summed E-state index contributed by atoms with van der Waals surface area (Å²) in [5, 5.41) is 12.0. The van der Waals surface area contributed by atoms with E-state index in [9.17, 15) is 4.79 Å². The summed E-state index contributed by atoms with van der Waals surface area (Å²) in [5.74, 6) is -0.237. The zero-order valence-corrected chi connectivity index (χ0v) is 14.0. The predicted octanol–water partition coefficient (Wildman–Crippen LogP) is 2.26. The van der Waals surface area contributed by atoms with E-state index in [4.69, 9.17) is 11.6 Å². The van der Waals surface area contributed by atoms with Crippen LogP contribution in [0.3, 0.4) is 0 Å². The fourth-order valence-electron chi connectivity index (χ4n) is 2.47. The van der Waals surface area contributed by atoms with Crippen LogP contribution in [0.4, 0.5) is 5.69 Å². The Balaban J connectivity index is 1.87. The highest BCUT2D eigenvalue weighted by atomic mass is 35.5. The van der Waals surface area contributed by atoms with E-state index in [-0.39, 0.29) is 11.8 Å². The molecule has 8 heteroatoms. The van der Waals surface area contributed by atoms with E-state index < -0.39 is 0 Å². The van der Waals surface area contributed by atoms with Gasteiger partial charge in [-0.1, -0.05) is 5.21 Å². The number of anilines is 1. The fraction of sp³-hybridized carbons (Fsp3) is 0.250. The maximum absolute atomic E-state index is 12.3. The molecule has 0 aliphatic heterocycles. The number of aromatic nitrogens is 5. The van der Waals surface area contributed by atoms with Gasteiger partial charge in [0.25, 0.3) is 0 Å². The van der Waals surface area contributed by atoms with Crippen LogP contribution in [0.5, 0.6) is 0 Å². The second-order valence-electron chi connectivity index (χ2n) is 5.12. The van der Waals surface area contributed by atoms with Crippen molar-refractivity contribution in [1.29, 1.82) is 0 Å². The van der Waals surface area contributed by atoms with Crippen LogP contribution >= 0.6 is 11.6 Å². The average Bonchev–Trinajstić information content (AvgIpc) is 3.30. The molecule has 0 saturated heterocycles. The van der Waals surface area contributed by atoms with Crippen LogP contribution in [0.15, 0.2) is 48.9 Å². The fourth-order valence-corrected chi connectivity index (χ4v) is 2.61. The van der Waals surface area contributed by atoms with Crippen LogP contribution in [0.2, 0.25) is 0 Å². The number of hydrogen-bond acceptors (Lipinski definition) is 4. The number of nitrogens with zero attached hydrogens (tertiary/aromatic N) is 6. The van der Waals surface area contributed by atoms with Crippen LogP contribution in [0.1, 0.15) is 12.6 Å². The molecule has 124 valence electrons. The molecule has 0 bridgehead atoms. The molecule has 0 radical (unpaired) electrons. The maximum Gasteiger partial charge on any atom is 0.242 e. The van der Waals surface area contributed by atoms with Crippen molar-refractivity contribution >= 4 is 23.2 Å². The molecule has 24 heavy (non-hydrogen) atoms. The minimum atomic E-state index is -0.158. The van der Waals surface area contributed by atoms with E-state index in [1.165, 1.54) is 0 Å². The number of aryl methyl sites for hydroxylation is 1. The third-order valence-corrected chi connectivity index (χ3v) is 3.92. The quantitative estimate of drug-likeness (QED) is 0.643. The van der Waals surface area contributed by atoms with Gasteiger partial charge in [-0.3, -0.25) is 9.48 Å². The van der Waals surface area contributed by atoms with Gasteiger partial charge < -0.3 is 4.90 Å². The van der Waals surface area contributed by atoms with E-state index in [0.29, 0.717) is 6.54 Å². The number of alkyl halides is 1. The molecule has 0 unspecified atom stereocenters. The van der Waals surface area contributed by atoms with Crippen LogP contribution in [0, 0.1) is 0 Å². The average molecular weight is 345 g/mol. The number of halogens is 1. The highest BCUT2D eigenvalue weighted by Gasteiger charge is 2.17. The standard InChI is InChI=1S/C16H17ClN6O/c1-2-22-15(7-8-19-22)12-21(16(24)11-17)13-3-5-14(6-4-13)23-10-9-18-20-23/h3-10H,2,11-12H2,1H3. The molecule has 0 atom stereocenters. The summed E-state index contributed by atoms with van der Waals surface area (Å²) in [7, 11) is 0. The molecular formula is C16H17ClN6O. The lowest BCUT2D eigenvalue weighted by Gasteiger charge is -2.22. The van der Waals surface area contributed by atoms with Gasteiger partial charge in [0.05, 0.1) is 30.3 Å². The molecule has 1 amide bonds. The molecule has 0 aliphatic carbocycles. The zero-order chi connectivity index (χ0) is 16.9. The lowest BCUT2D eigenvalue weighted by atomic mass is 10.2. The molecule has 1 aromatic carbocycles. The monoisotopic (exact) mass is 344 g/mol. The molecule has 0 saturated carbocycles. The van der Waals surface area contributed by atoms with Crippen molar-refractivity contribution in [2.45, 2.75) is 20.0 Å². The Kier molecular flexibility index (Phi) is 4.90. The van der Waals surface area contributed by atoms with Gasteiger partial charge in [0.15, 0.2) is 0 Å². The zero-order valence-electron chi connectivity index (χ0n) is 13.2. The number of hydrogen-bond donors (Lipinski definition) is 0. The highest BCUT2D eigenvalue weighted by molar-refractivity contribution is 6.29. The van der Waals surface area contributed by atoms with E-state index >= 15 is 0 Å². The Morgan fingerprint density at radius 2 is 2.00 bits per heavy atom. The normalized spacial score (nSPS) is 10.8. The van der Waals surface area contributed by atoms with Crippen molar-refractivity contribution in [1.82, 2.24) is 24.8 Å². The molecule has 0 spiro atoms. The molecule has 0 N–H and O–H groups in total. The summed E-state index contributed by atoms with van der Waals surface area (Å²) in [6.45, 7) is 3.18. The first kappa shape index (κ1) is 16.2. The summed E-state index contributed by atoms with van der Waals surface area (Å²) < 4.78 is 3.52. The number of rotatable bonds is 6. The van der Waals surface area contributed by atoms with Crippen molar-refractivity contribution in [3.63, 3.8) is 0 Å². The van der Waals surface area contributed by atoms with Crippen molar-refractivity contribution < 1.29 is 4.79 Å². The Bertz CT molecular complexity index is 796. The first-order valence-electron chi connectivity index (χ1n) is 7.56. The second-order valence-corrected chi connectivity index (χ2v) is 5.38.